The number of carbonyl (C=O) groups excluding carboxylic acids is 1. The van der Waals surface area contributed by atoms with Crippen LogP contribution in [0.1, 0.15) is 49.9 Å². The van der Waals surface area contributed by atoms with Crippen LogP contribution < -0.4 is 20.7 Å². The number of rotatable bonds is 13. The Morgan fingerprint density at radius 2 is 1.44 bits per heavy atom. The van der Waals surface area contributed by atoms with Crippen molar-refractivity contribution in [2.75, 3.05) is 27.4 Å². The van der Waals surface area contributed by atoms with Crippen LogP contribution in [0.3, 0.4) is 0 Å². The summed E-state index contributed by atoms with van der Waals surface area (Å²) in [5.41, 5.74) is -0.888. The van der Waals surface area contributed by atoms with Gasteiger partial charge in [-0.3, -0.25) is 19.1 Å². The molecule has 3 aromatic carbocycles. The van der Waals surface area contributed by atoms with Gasteiger partial charge in [0.2, 0.25) is 0 Å². The van der Waals surface area contributed by atoms with Gasteiger partial charge in [0.15, 0.2) is 13.9 Å². The van der Waals surface area contributed by atoms with Gasteiger partial charge in [-0.05, 0) is 66.0 Å². The first-order chi connectivity index (χ1) is 24.5. The van der Waals surface area contributed by atoms with Crippen molar-refractivity contribution in [3.8, 4) is 11.5 Å². The van der Waals surface area contributed by atoms with E-state index >= 15 is 0 Å². The zero-order valence-electron chi connectivity index (χ0n) is 31.5. The zero-order valence-corrected chi connectivity index (χ0v) is 32.5. The Hall–Kier alpha value is -4.49. The summed E-state index contributed by atoms with van der Waals surface area (Å²) >= 11 is 0. The van der Waals surface area contributed by atoms with Crippen molar-refractivity contribution in [1.29, 1.82) is 0 Å². The molecule has 1 aliphatic heterocycles. The lowest BCUT2D eigenvalue weighted by atomic mass is 9.79. The Morgan fingerprint density at radius 3 is 1.94 bits per heavy atom. The van der Waals surface area contributed by atoms with Crippen LogP contribution >= 0.6 is 0 Å². The highest BCUT2D eigenvalue weighted by Gasteiger charge is 2.58. The quantitative estimate of drug-likeness (QED) is 0.101. The van der Waals surface area contributed by atoms with E-state index in [9.17, 15) is 14.4 Å². The lowest BCUT2D eigenvalue weighted by molar-refractivity contribution is -0.182. The van der Waals surface area contributed by atoms with Crippen LogP contribution in [0.5, 0.6) is 11.5 Å². The van der Waals surface area contributed by atoms with Gasteiger partial charge >= 0.3 is 11.7 Å². The highest BCUT2D eigenvalue weighted by atomic mass is 28.4. The molecule has 5 rings (SSSR count). The molecule has 0 saturated carbocycles. The highest BCUT2D eigenvalue weighted by molar-refractivity contribution is 6.74. The monoisotopic (exact) mass is 730 g/mol. The predicted octanol–water partition coefficient (Wildman–Crippen LogP) is 5.96. The maximum atomic E-state index is 13.1. The van der Waals surface area contributed by atoms with Gasteiger partial charge in [0, 0.05) is 18.7 Å². The topological polar surface area (TPSA) is 127 Å². The number of hydrogen-bond acceptors (Lipinski definition) is 9. The molecule has 11 nitrogen and oxygen atoms in total. The van der Waals surface area contributed by atoms with Crippen LogP contribution in [0.2, 0.25) is 18.1 Å². The van der Waals surface area contributed by atoms with Gasteiger partial charge < -0.3 is 28.1 Å². The number of carbonyl (C=O) groups is 1. The predicted molar refractivity (Wildman–Crippen MR) is 201 cm³/mol. The van der Waals surface area contributed by atoms with Gasteiger partial charge in [-0.15, -0.1) is 0 Å². The van der Waals surface area contributed by atoms with Crippen molar-refractivity contribution in [3.63, 3.8) is 0 Å². The fourth-order valence-electron chi connectivity index (χ4n) is 6.36. The molecule has 0 unspecified atom stereocenters. The molecule has 0 aliphatic carbocycles. The van der Waals surface area contributed by atoms with Crippen LogP contribution in [0.25, 0.3) is 0 Å². The largest absolute Gasteiger partial charge is 0.497 e. The van der Waals surface area contributed by atoms with Crippen LogP contribution in [0.4, 0.5) is 0 Å². The first kappa shape index (κ1) is 38.7. The minimum Gasteiger partial charge on any atom is -0.497 e. The van der Waals surface area contributed by atoms with Crippen molar-refractivity contribution < 1.29 is 32.9 Å². The van der Waals surface area contributed by atoms with Gasteiger partial charge in [-0.1, -0.05) is 75.4 Å². The molecular weight excluding hydrogens is 681 g/mol. The van der Waals surface area contributed by atoms with Gasteiger partial charge in [0.1, 0.15) is 29.3 Å². The molecule has 1 saturated heterocycles. The number of ether oxygens (including phenoxy) is 5. The number of nitrogens with zero attached hydrogens (tertiary/aromatic N) is 1. The van der Waals surface area contributed by atoms with Crippen molar-refractivity contribution >= 4 is 14.3 Å². The normalized spacial score (nSPS) is 19.3. The van der Waals surface area contributed by atoms with Gasteiger partial charge in [0.05, 0.1) is 34.0 Å². The number of methoxy groups -OCH3 is 2. The number of aryl methyl sites for hydroxylation is 1. The summed E-state index contributed by atoms with van der Waals surface area (Å²) in [6.07, 6.45) is -0.0888. The Labute approximate surface area is 305 Å². The van der Waals surface area contributed by atoms with Gasteiger partial charge in [-0.2, -0.15) is 0 Å². The zero-order chi connectivity index (χ0) is 37.9. The molecule has 4 aromatic rings. The molecule has 12 heteroatoms. The second-order valence-electron chi connectivity index (χ2n) is 14.8. The smallest absolute Gasteiger partial charge is 0.328 e. The molecule has 278 valence electrons. The molecule has 52 heavy (non-hydrogen) atoms. The van der Waals surface area contributed by atoms with Crippen LogP contribution in [-0.4, -0.2) is 69.1 Å². The van der Waals surface area contributed by atoms with E-state index in [-0.39, 0.29) is 24.8 Å². The Bertz CT molecular complexity index is 1900. The fourth-order valence-corrected chi connectivity index (χ4v) is 7.72. The molecule has 1 aliphatic rings. The number of hydrogen-bond donors (Lipinski definition) is 1. The Balaban J connectivity index is 1.69. The summed E-state index contributed by atoms with van der Waals surface area (Å²) in [6, 6.07) is 25.2. The van der Waals surface area contributed by atoms with Gasteiger partial charge in [0.25, 0.3) is 5.56 Å². The Morgan fingerprint density at radius 1 is 0.904 bits per heavy atom. The minimum absolute atomic E-state index is 0.0412. The second-order valence-corrected chi connectivity index (χ2v) is 19.6. The van der Waals surface area contributed by atoms with Crippen molar-refractivity contribution in [1.82, 2.24) is 9.55 Å². The number of esters is 1. The lowest BCUT2D eigenvalue weighted by Gasteiger charge is -2.45. The molecule has 1 N–H and O–H groups in total. The highest BCUT2D eigenvalue weighted by Crippen LogP contribution is 2.46. The summed E-state index contributed by atoms with van der Waals surface area (Å²) in [5, 5.41) is -0.228. The molecule has 1 fully saturated rings. The van der Waals surface area contributed by atoms with Crippen molar-refractivity contribution in [3.05, 3.63) is 128 Å². The van der Waals surface area contributed by atoms with E-state index in [4.69, 9.17) is 28.1 Å². The maximum absolute atomic E-state index is 13.1. The van der Waals surface area contributed by atoms with E-state index in [1.165, 1.54) is 17.7 Å². The van der Waals surface area contributed by atoms with Crippen molar-refractivity contribution in [2.24, 2.45) is 0 Å². The standard InChI is InChI=1S/C40H50N2O9Si/c1-27-23-42(37(45)41-36(27)44)24-34-35(51-52(8,9)38(3,4)5)39(25-48-34,50-28(2)43)26-49-40(29-13-11-10-12-14-29,30-15-19-32(46-6)20-16-30)31-17-21-33(47-7)22-18-31/h10-23,34-35H,24-26H2,1-9H3,(H,41,44,45)/t34-,35-,39+/m0/s1. The summed E-state index contributed by atoms with van der Waals surface area (Å²) in [5.74, 6) is 0.826. The lowest BCUT2D eigenvalue weighted by Crippen LogP contribution is -2.59. The number of aromatic nitrogens is 2. The Kier molecular flexibility index (Phi) is 11.3. The van der Waals surface area contributed by atoms with Crippen molar-refractivity contribution in [2.45, 2.75) is 82.7 Å². The summed E-state index contributed by atoms with van der Waals surface area (Å²) in [7, 11) is 0.640. The van der Waals surface area contributed by atoms with Crippen LogP contribution in [0, 0.1) is 6.92 Å². The molecule has 2 heterocycles. The number of H-pyrrole nitrogens is 1. The van der Waals surface area contributed by atoms with E-state index in [1.54, 1.807) is 21.1 Å². The van der Waals surface area contributed by atoms with Crippen LogP contribution in [0.15, 0.2) is 94.6 Å². The van der Waals surface area contributed by atoms with E-state index < -0.39 is 48.9 Å². The minimum atomic E-state index is -2.59. The number of aromatic amines is 1. The molecule has 3 atom stereocenters. The van der Waals surface area contributed by atoms with E-state index in [0.717, 1.165) is 16.7 Å². The fraction of sp³-hybridized carbons (Fsp3) is 0.425. The van der Waals surface area contributed by atoms with Gasteiger partial charge in [-0.25, -0.2) is 4.79 Å². The van der Waals surface area contributed by atoms with Crippen LogP contribution in [-0.2, 0) is 35.6 Å². The number of nitrogens with one attached hydrogen (secondary N) is 1. The van der Waals surface area contributed by atoms with E-state index in [0.29, 0.717) is 17.1 Å². The first-order valence-electron chi connectivity index (χ1n) is 17.3. The third kappa shape index (κ3) is 7.80. The summed E-state index contributed by atoms with van der Waals surface area (Å²) in [6.45, 7) is 13.4. The second kappa shape index (κ2) is 15.2. The molecule has 0 spiro atoms. The average Bonchev–Trinajstić information content (AvgIpc) is 3.42. The molecule has 1 aromatic heterocycles. The molecule has 0 bridgehead atoms. The maximum Gasteiger partial charge on any atom is 0.328 e. The SMILES string of the molecule is COc1ccc(C(OC[C@]2(OC(C)=O)CO[C@@H](Cn3cc(C)c(=O)[nH]c3=O)[C@@H]2O[Si](C)(C)C(C)(C)C)(c2ccccc2)c2ccc(OC)cc2)cc1. The average molecular weight is 731 g/mol. The molecule has 0 amide bonds. The molecule has 0 radical (unpaired) electrons. The third-order valence-electron chi connectivity index (χ3n) is 10.2. The number of benzene rings is 3. The van der Waals surface area contributed by atoms with E-state index in [1.807, 2.05) is 78.9 Å². The third-order valence-corrected chi connectivity index (χ3v) is 14.7. The molecular formula is C40H50N2O9Si. The summed E-state index contributed by atoms with van der Waals surface area (Å²) in [4.78, 5) is 40.7. The summed E-state index contributed by atoms with van der Waals surface area (Å²) < 4.78 is 39.6. The first-order valence-corrected chi connectivity index (χ1v) is 20.2. The van der Waals surface area contributed by atoms with E-state index in [2.05, 4.69) is 38.8 Å².